The van der Waals surface area contributed by atoms with Crippen molar-refractivity contribution in [3.05, 3.63) is 43.0 Å². The van der Waals surface area contributed by atoms with Gasteiger partial charge in [0, 0.05) is 0 Å². The zero-order valence-corrected chi connectivity index (χ0v) is 15.3. The molecule has 0 N–H and O–H groups in total. The second-order valence-electron chi connectivity index (χ2n) is 2.85. The third kappa shape index (κ3) is 6.57. The fourth-order valence-electron chi connectivity index (χ4n) is 0.838. The maximum absolute atomic E-state index is 4.00. The first kappa shape index (κ1) is 13.7. The molecule has 0 aliphatic rings. The topological polar surface area (TPSA) is 9.23 Å². The van der Waals surface area contributed by atoms with Gasteiger partial charge in [0.15, 0.2) is 0 Å². The third-order valence-corrected chi connectivity index (χ3v) is 1.47. The molecule has 70 valence electrons. The van der Waals surface area contributed by atoms with Gasteiger partial charge in [-0.2, -0.15) is 0 Å². The van der Waals surface area contributed by atoms with E-state index in [9.17, 15) is 0 Å². The van der Waals surface area contributed by atoms with Crippen molar-refractivity contribution in [2.45, 2.75) is 19.8 Å². The summed E-state index contributed by atoms with van der Waals surface area (Å²) in [6.45, 7) is 4.41. The smallest absolute Gasteiger partial charge is 0 e. The summed E-state index contributed by atoms with van der Waals surface area (Å²) in [5.74, 6) is 0.659. The summed E-state index contributed by atoms with van der Waals surface area (Å²) in [7, 11) is 4.50. The molecule has 1 rings (SSSR count). The van der Waals surface area contributed by atoms with Crippen molar-refractivity contribution in [1.82, 2.24) is 0 Å². The molecule has 0 saturated carbocycles. The zero-order chi connectivity index (χ0) is 9.40. The van der Waals surface area contributed by atoms with Crippen LogP contribution in [0.2, 0.25) is 0 Å². The first-order valence-corrected chi connectivity index (χ1v) is 4.05. The molecule has 0 radical (unpaired) electrons. The van der Waals surface area contributed by atoms with Crippen molar-refractivity contribution in [1.29, 1.82) is 0 Å². The number of methoxy groups -OCH3 is 1. The van der Waals surface area contributed by atoms with Crippen molar-refractivity contribution in [3.63, 3.8) is 0 Å². The van der Waals surface area contributed by atoms with Crippen LogP contribution >= 0.6 is 0 Å². The summed E-state index contributed by atoms with van der Waals surface area (Å²) < 4.78 is 4.00. The number of hydrogen-bond acceptors (Lipinski definition) is 1. The van der Waals surface area contributed by atoms with Gasteiger partial charge >= 0.3 is 0 Å². The minimum atomic E-state index is 0. The molecular formula is C11H17BhO-. The summed E-state index contributed by atoms with van der Waals surface area (Å²) in [5, 5.41) is 0. The predicted octanol–water partition coefficient (Wildman–Crippen LogP) is 3.23. The number of hydrogen-bond donors (Lipinski definition) is 0. The van der Waals surface area contributed by atoms with Gasteiger partial charge in [-0.1, -0.05) is 44.2 Å². The molecule has 1 aromatic rings. The standard InChI is InChI=1S/C9H12.C2H5O.Bh/c1-8(2)9-6-4-3-5-7-9;1-3-2;/h3-8H,1-2H3;1H2,2H3;/q;-1;. The fourth-order valence-corrected chi connectivity index (χ4v) is 0.838. The van der Waals surface area contributed by atoms with Crippen LogP contribution in [-0.4, -0.2) is 7.11 Å². The van der Waals surface area contributed by atoms with Gasteiger partial charge in [0.1, 0.15) is 0 Å². The first-order chi connectivity index (χ1) is 5.72. The quantitative estimate of drug-likeness (QED) is 0.616. The summed E-state index contributed by atoms with van der Waals surface area (Å²) in [5.41, 5.74) is 1.41. The van der Waals surface area contributed by atoms with E-state index in [2.05, 4.69) is 50.0 Å². The Bertz CT molecular complexity index is 185. The molecule has 0 amide bonds. The molecule has 0 saturated heterocycles. The van der Waals surface area contributed by atoms with Crippen LogP contribution in [0.25, 0.3) is 0 Å². The molecule has 0 aliphatic heterocycles. The van der Waals surface area contributed by atoms with Crippen LogP contribution in [0.15, 0.2) is 30.3 Å². The van der Waals surface area contributed by atoms with Crippen LogP contribution in [0.1, 0.15) is 25.3 Å². The maximum atomic E-state index is 4.00. The summed E-state index contributed by atoms with van der Waals surface area (Å²) in [6, 6.07) is 10.5. The maximum Gasteiger partial charge on any atom is 0 e. The van der Waals surface area contributed by atoms with Crippen LogP contribution in [0.4, 0.5) is 0 Å². The van der Waals surface area contributed by atoms with E-state index in [0.717, 1.165) is 0 Å². The van der Waals surface area contributed by atoms with Crippen molar-refractivity contribution in [3.8, 4) is 0 Å². The third-order valence-electron chi connectivity index (χ3n) is 1.47. The number of ether oxygens (including phenoxy) is 1. The molecule has 0 bridgehead atoms. The van der Waals surface area contributed by atoms with Crippen LogP contribution < -0.4 is 0 Å². The molecular weight excluding hydrogens is 418 g/mol. The van der Waals surface area contributed by atoms with Crippen molar-refractivity contribution < 1.29 is 4.74 Å². The number of benzene rings is 1. The summed E-state index contributed by atoms with van der Waals surface area (Å²) in [6.07, 6.45) is 0. The van der Waals surface area contributed by atoms with E-state index in [0.29, 0.717) is 5.92 Å². The largest absolute Gasteiger partial charge is 0.557 e. The van der Waals surface area contributed by atoms with Gasteiger partial charge in [-0.25, -0.2) is 7.11 Å². The van der Waals surface area contributed by atoms with Gasteiger partial charge < -0.3 is 4.74 Å². The van der Waals surface area contributed by atoms with Gasteiger partial charge in [0.05, 0.1) is 0 Å². The van der Waals surface area contributed by atoms with Crippen LogP contribution in [0.3, 0.4) is 0 Å². The van der Waals surface area contributed by atoms with Gasteiger partial charge in [-0.05, 0) is 18.6 Å². The summed E-state index contributed by atoms with van der Waals surface area (Å²) in [4.78, 5) is 0. The molecule has 0 aromatic heterocycles. The van der Waals surface area contributed by atoms with Gasteiger partial charge in [-0.15, -0.1) is 0 Å². The van der Waals surface area contributed by atoms with Crippen molar-refractivity contribution in [2.24, 2.45) is 0 Å². The monoisotopic (exact) mass is 435 g/mol. The van der Waals surface area contributed by atoms with Crippen molar-refractivity contribution >= 4 is 0 Å². The minimum absolute atomic E-state index is 0. The predicted molar refractivity (Wildman–Crippen MR) is 52.9 cm³/mol. The molecule has 1 aromatic carbocycles. The molecule has 1 nitrogen and oxygen atoms in total. The Kier molecular flexibility index (Phi) is 8.75. The van der Waals surface area contributed by atoms with E-state index in [4.69, 9.17) is 0 Å². The molecule has 0 aliphatic carbocycles. The number of rotatable bonds is 1. The van der Waals surface area contributed by atoms with Crippen LogP contribution in [0.5, 0.6) is 0 Å². The van der Waals surface area contributed by atoms with E-state index in [1.807, 2.05) is 6.07 Å². The van der Waals surface area contributed by atoms with E-state index in [1.54, 1.807) is 0 Å². The van der Waals surface area contributed by atoms with E-state index < -0.39 is 0 Å². The Labute approximate surface area is 75.4 Å². The molecule has 13 heavy (non-hydrogen) atoms. The van der Waals surface area contributed by atoms with E-state index in [-0.39, 0.29) is 0 Å². The Morgan fingerprint density at radius 2 is 1.54 bits per heavy atom. The molecule has 2 heteroatoms. The Hall–Kier alpha value is -1.82. The Balaban J connectivity index is 0. The average molecular weight is 435 g/mol. The second-order valence-corrected chi connectivity index (χ2v) is 2.85. The Morgan fingerprint density at radius 1 is 1.15 bits per heavy atom. The molecule has 0 fully saturated rings. The molecule has 0 unspecified atom stereocenters. The van der Waals surface area contributed by atoms with Gasteiger partial charge in [0.25, 0.3) is 0 Å². The normalized spacial score (nSPS) is 8.38. The molecule has 0 spiro atoms. The van der Waals surface area contributed by atoms with Crippen molar-refractivity contribution in [2.75, 3.05) is 7.11 Å². The second kappa shape index (κ2) is 8.28. The van der Waals surface area contributed by atoms with Crippen LogP contribution in [0, 0.1) is 7.11 Å². The minimum Gasteiger partial charge on any atom is -0.557 e. The summed E-state index contributed by atoms with van der Waals surface area (Å²) >= 11 is 0. The van der Waals surface area contributed by atoms with E-state index >= 15 is 0 Å². The molecule has 0 heterocycles. The average Bonchev–Trinajstić information content (AvgIpc) is 2.07. The Morgan fingerprint density at radius 3 is 1.77 bits per heavy atom. The van der Waals surface area contributed by atoms with E-state index in [1.165, 1.54) is 12.7 Å². The van der Waals surface area contributed by atoms with Crippen LogP contribution in [-0.2, 0) is 4.74 Å². The van der Waals surface area contributed by atoms with Gasteiger partial charge in [-0.3, -0.25) is 0 Å². The SMILES string of the molecule is CC(C)c1ccccc1.[Bh].[CH2-]OC. The zero-order valence-electron chi connectivity index (χ0n) is 8.79. The fraction of sp³-hybridized carbons (Fsp3) is 0.364. The molecule has 0 atom stereocenters. The van der Waals surface area contributed by atoms with Gasteiger partial charge in [0.2, 0.25) is 0 Å². The first-order valence-electron chi connectivity index (χ1n) is 4.05.